The lowest BCUT2D eigenvalue weighted by Crippen LogP contribution is -2.70. The van der Waals surface area contributed by atoms with Gasteiger partial charge in [0.05, 0.1) is 0 Å². The number of hydrogen-bond acceptors (Lipinski definition) is 0. The Bertz CT molecular complexity index is 659. The summed E-state index contributed by atoms with van der Waals surface area (Å²) in [4.78, 5) is 0. The number of alkyl halides is 15. The maximum absolute atomic E-state index is 14.0. The quantitative estimate of drug-likeness (QED) is 0.445. The van der Waals surface area contributed by atoms with Crippen molar-refractivity contribution in [2.24, 2.45) is 5.41 Å². The third-order valence-corrected chi connectivity index (χ3v) is 4.20. The third kappa shape index (κ3) is 1.59. The summed E-state index contributed by atoms with van der Waals surface area (Å²) in [7, 11) is 0. The number of halogens is 16. The second kappa shape index (κ2) is 4.36. The average Bonchev–Trinajstić information content (AvgIpc) is 2.97. The number of fused-ring (bicyclic) bond motifs is 1. The monoisotopic (exact) mass is 424 g/mol. The van der Waals surface area contributed by atoms with Crippen LogP contribution in [0.25, 0.3) is 0 Å². The Morgan fingerprint density at radius 1 is 0.538 bits per heavy atom. The molecule has 16 heteroatoms. The van der Waals surface area contributed by atoms with Crippen molar-refractivity contribution in [2.75, 3.05) is 0 Å². The molecule has 2 aliphatic rings. The molecule has 0 radical (unpaired) electrons. The molecule has 0 N–H and O–H groups in total. The molecule has 0 aromatic carbocycles. The molecule has 1 fully saturated rings. The number of hydrogen-bond donors (Lipinski definition) is 0. The number of allylic oxidation sites excluding steroid dienone is 2. The van der Waals surface area contributed by atoms with Gasteiger partial charge >= 0.3 is 36.0 Å². The predicted molar refractivity (Wildman–Crippen MR) is 46.3 cm³/mol. The van der Waals surface area contributed by atoms with Gasteiger partial charge in [-0.3, -0.25) is 0 Å². The Labute approximate surface area is 130 Å². The maximum Gasteiger partial charge on any atom is 0.435 e. The van der Waals surface area contributed by atoms with E-state index in [9.17, 15) is 70.2 Å². The highest BCUT2D eigenvalue weighted by atomic mass is 19.4. The van der Waals surface area contributed by atoms with Gasteiger partial charge in [-0.05, 0) is 0 Å². The predicted octanol–water partition coefficient (Wildman–Crippen LogP) is 5.60. The molecule has 2 atom stereocenters. The van der Waals surface area contributed by atoms with E-state index >= 15 is 0 Å². The van der Waals surface area contributed by atoms with Crippen LogP contribution in [0.15, 0.2) is 11.4 Å². The second-order valence-corrected chi connectivity index (χ2v) is 5.40. The van der Waals surface area contributed by atoms with E-state index < -0.39 is 58.5 Å². The zero-order chi connectivity index (χ0) is 21.2. The molecule has 2 aliphatic carbocycles. The van der Waals surface area contributed by atoms with Crippen molar-refractivity contribution in [1.82, 2.24) is 0 Å². The van der Waals surface area contributed by atoms with E-state index in [1.54, 1.807) is 0 Å². The summed E-state index contributed by atoms with van der Waals surface area (Å²) < 4.78 is 208. The first-order chi connectivity index (χ1) is 11.0. The van der Waals surface area contributed by atoms with Crippen LogP contribution in [0.2, 0.25) is 0 Å². The summed E-state index contributed by atoms with van der Waals surface area (Å²) in [5.74, 6) is -19.9. The lowest BCUT2D eigenvalue weighted by Gasteiger charge is -2.41. The normalized spacial score (nSPS) is 36.0. The van der Waals surface area contributed by atoms with Crippen LogP contribution in [-0.4, -0.2) is 41.7 Å². The lowest BCUT2D eigenvalue weighted by atomic mass is 9.82. The van der Waals surface area contributed by atoms with Crippen LogP contribution in [0.1, 0.15) is 0 Å². The minimum absolute atomic E-state index is 4.12. The third-order valence-electron chi connectivity index (χ3n) is 4.20. The van der Waals surface area contributed by atoms with E-state index in [0.29, 0.717) is 0 Å². The first-order valence-electron chi connectivity index (χ1n) is 5.77. The second-order valence-electron chi connectivity index (χ2n) is 5.40. The van der Waals surface area contributed by atoms with Crippen LogP contribution in [0.3, 0.4) is 0 Å². The van der Waals surface area contributed by atoms with Gasteiger partial charge in [-0.25, -0.2) is 13.2 Å². The first-order valence-corrected chi connectivity index (χ1v) is 5.77. The van der Waals surface area contributed by atoms with Gasteiger partial charge in [0.15, 0.2) is 5.83 Å². The molecule has 0 nitrogen and oxygen atoms in total. The van der Waals surface area contributed by atoms with Crippen LogP contribution in [0.4, 0.5) is 70.2 Å². The highest BCUT2D eigenvalue weighted by molar-refractivity contribution is 5.64. The zero-order valence-electron chi connectivity index (χ0n) is 11.0. The smallest absolute Gasteiger partial charge is 0.230 e. The lowest BCUT2D eigenvalue weighted by molar-refractivity contribution is -0.379. The first kappa shape index (κ1) is 20.9. The molecule has 0 amide bonds. The molecule has 152 valence electrons. The van der Waals surface area contributed by atoms with Crippen molar-refractivity contribution in [3.8, 4) is 0 Å². The fourth-order valence-corrected chi connectivity index (χ4v) is 2.96. The average molecular weight is 424 g/mol. The fourth-order valence-electron chi connectivity index (χ4n) is 2.96. The Hall–Kier alpha value is -1.38. The Balaban J connectivity index is 3.09. The highest BCUT2D eigenvalue weighted by Gasteiger charge is 3.10. The van der Waals surface area contributed by atoms with E-state index in [0.717, 1.165) is 0 Å². The summed E-state index contributed by atoms with van der Waals surface area (Å²) in [6.07, 6.45) is -22.2. The molecule has 0 aliphatic heterocycles. The molecule has 2 unspecified atom stereocenters. The largest absolute Gasteiger partial charge is 0.435 e. The molecule has 0 bridgehead atoms. The molecule has 0 saturated heterocycles. The van der Waals surface area contributed by atoms with Crippen molar-refractivity contribution in [3.63, 3.8) is 0 Å². The Kier molecular flexibility index (Phi) is 3.51. The topological polar surface area (TPSA) is 0 Å². The summed E-state index contributed by atoms with van der Waals surface area (Å²) in [5.41, 5.74) is -25.0. The van der Waals surface area contributed by atoms with Crippen LogP contribution in [0, 0.1) is 5.41 Å². The van der Waals surface area contributed by atoms with Crippen molar-refractivity contribution in [1.29, 1.82) is 0 Å². The minimum Gasteiger partial charge on any atom is -0.230 e. The van der Waals surface area contributed by atoms with Crippen LogP contribution in [0.5, 0.6) is 0 Å². The van der Waals surface area contributed by atoms with Gasteiger partial charge in [0.1, 0.15) is 0 Å². The molecule has 0 heterocycles. The van der Waals surface area contributed by atoms with Crippen molar-refractivity contribution >= 4 is 0 Å². The Morgan fingerprint density at radius 2 is 0.885 bits per heavy atom. The zero-order valence-corrected chi connectivity index (χ0v) is 11.0. The Morgan fingerprint density at radius 3 is 1.15 bits per heavy atom. The van der Waals surface area contributed by atoms with Gasteiger partial charge in [0, 0.05) is 5.57 Å². The van der Waals surface area contributed by atoms with Gasteiger partial charge in [0.25, 0.3) is 0 Å². The van der Waals surface area contributed by atoms with E-state index in [-0.39, 0.29) is 0 Å². The molecule has 0 aromatic heterocycles. The highest BCUT2D eigenvalue weighted by Crippen LogP contribution is 2.87. The standard InChI is InChI=1S/C10F16/c11-2-1-3(8(18,19)20,9(21,22)23)4(1,12)6(14,15)7(16,17)5(2,13)10(24,25)26. The van der Waals surface area contributed by atoms with Crippen molar-refractivity contribution in [2.45, 2.75) is 41.7 Å². The fraction of sp³-hybridized carbons (Fsp3) is 0.800. The van der Waals surface area contributed by atoms with Crippen molar-refractivity contribution < 1.29 is 70.2 Å². The summed E-state index contributed by atoms with van der Waals surface area (Å²) in [5, 5.41) is 0. The summed E-state index contributed by atoms with van der Waals surface area (Å²) in [6.45, 7) is 0. The van der Waals surface area contributed by atoms with E-state index in [2.05, 4.69) is 0 Å². The van der Waals surface area contributed by atoms with Gasteiger partial charge in [0.2, 0.25) is 11.1 Å². The molecule has 0 spiro atoms. The molecular formula is C10F16. The maximum atomic E-state index is 14.0. The number of rotatable bonds is 0. The SMILES string of the molecule is FC1=C2C(F)(C(F)(F)C(F)(F)C1(F)C(F)(F)F)C2(C(F)(F)F)C(F)(F)F. The van der Waals surface area contributed by atoms with Crippen LogP contribution >= 0.6 is 0 Å². The van der Waals surface area contributed by atoms with Crippen molar-refractivity contribution in [3.05, 3.63) is 11.4 Å². The van der Waals surface area contributed by atoms with E-state index in [4.69, 9.17) is 0 Å². The summed E-state index contributed by atoms with van der Waals surface area (Å²) >= 11 is 0. The molecule has 2 rings (SSSR count). The van der Waals surface area contributed by atoms with Crippen LogP contribution < -0.4 is 0 Å². The van der Waals surface area contributed by atoms with E-state index in [1.165, 1.54) is 0 Å². The molecule has 1 saturated carbocycles. The molecule has 0 aromatic rings. The molecular weight excluding hydrogens is 424 g/mol. The van der Waals surface area contributed by atoms with Gasteiger partial charge in [-0.15, -0.1) is 0 Å². The summed E-state index contributed by atoms with van der Waals surface area (Å²) in [6, 6.07) is 0. The van der Waals surface area contributed by atoms with Crippen LogP contribution in [-0.2, 0) is 0 Å². The van der Waals surface area contributed by atoms with E-state index in [1.807, 2.05) is 0 Å². The molecule has 26 heavy (non-hydrogen) atoms. The van der Waals surface area contributed by atoms with Gasteiger partial charge < -0.3 is 0 Å². The minimum atomic E-state index is -7.68. The van der Waals surface area contributed by atoms with Gasteiger partial charge in [-0.1, -0.05) is 0 Å². The van der Waals surface area contributed by atoms with Gasteiger partial charge in [-0.2, -0.15) is 57.1 Å².